The Bertz CT molecular complexity index is 858. The number of carboxylic acid groups (broad SMARTS) is 1. The zero-order valence-corrected chi connectivity index (χ0v) is 13.9. The summed E-state index contributed by atoms with van der Waals surface area (Å²) in [6.45, 7) is -0.399. The first kappa shape index (κ1) is 18.9. The van der Waals surface area contributed by atoms with Gasteiger partial charge in [0.05, 0.1) is 12.7 Å². The number of nitrogen functional groups attached to an aromatic ring is 1. The first-order valence-corrected chi connectivity index (χ1v) is 7.88. The Morgan fingerprint density at radius 1 is 1.30 bits per heavy atom. The van der Waals surface area contributed by atoms with Gasteiger partial charge in [-0.3, -0.25) is 14.2 Å². The van der Waals surface area contributed by atoms with Gasteiger partial charge in [-0.2, -0.15) is 0 Å². The number of fused-ring (bicyclic) bond motifs is 1. The van der Waals surface area contributed by atoms with E-state index in [1.807, 2.05) is 0 Å². The molecule has 3 heterocycles. The summed E-state index contributed by atoms with van der Waals surface area (Å²) in [6, 6.07) is -1.40. The number of anilines is 1. The minimum atomic E-state index is -1.40. The maximum Gasteiger partial charge on any atom is 0.321 e. The number of nitrogens with zero attached hydrogens (tertiary/aromatic N) is 4. The molecule has 0 radical (unpaired) electrons. The number of aliphatic carboxylic acids is 1. The third-order valence-corrected chi connectivity index (χ3v) is 4.11. The van der Waals surface area contributed by atoms with E-state index < -0.39 is 55.5 Å². The van der Waals surface area contributed by atoms with Crippen LogP contribution in [0.1, 0.15) is 12.6 Å². The molecular weight excluding hydrogens is 364 g/mol. The van der Waals surface area contributed by atoms with Crippen molar-refractivity contribution in [1.29, 1.82) is 0 Å². The van der Waals surface area contributed by atoms with Crippen LogP contribution in [0.15, 0.2) is 12.7 Å². The fourth-order valence-corrected chi connectivity index (χ4v) is 2.65. The van der Waals surface area contributed by atoms with Gasteiger partial charge in [0, 0.05) is 0 Å². The highest BCUT2D eigenvalue weighted by molar-refractivity contribution is 5.81. The number of imidazole rings is 1. The Morgan fingerprint density at radius 2 is 2.04 bits per heavy atom. The number of esters is 1. The zero-order valence-electron chi connectivity index (χ0n) is 13.9. The van der Waals surface area contributed by atoms with Crippen molar-refractivity contribution >= 4 is 28.9 Å². The van der Waals surface area contributed by atoms with Gasteiger partial charge in [-0.05, 0) is 0 Å². The maximum absolute atomic E-state index is 11.6. The summed E-state index contributed by atoms with van der Waals surface area (Å²) in [5, 5.41) is 29.1. The van der Waals surface area contributed by atoms with Crippen LogP contribution in [0.25, 0.3) is 11.2 Å². The number of aliphatic hydroxyl groups is 2. The second-order valence-corrected chi connectivity index (χ2v) is 5.96. The van der Waals surface area contributed by atoms with E-state index in [4.69, 9.17) is 26.0 Å². The average Bonchev–Trinajstić information content (AvgIpc) is 3.16. The van der Waals surface area contributed by atoms with Crippen LogP contribution >= 0.6 is 0 Å². The van der Waals surface area contributed by atoms with Crippen molar-refractivity contribution in [1.82, 2.24) is 19.5 Å². The average molecular weight is 382 g/mol. The molecule has 2 aromatic rings. The number of hydrogen-bond acceptors (Lipinski definition) is 11. The molecular formula is C14H18N6O7. The predicted molar refractivity (Wildman–Crippen MR) is 86.8 cm³/mol. The van der Waals surface area contributed by atoms with E-state index in [1.165, 1.54) is 17.2 Å². The third kappa shape index (κ3) is 3.66. The van der Waals surface area contributed by atoms with Crippen LogP contribution in [0.4, 0.5) is 5.82 Å². The molecule has 1 saturated heterocycles. The molecule has 1 aliphatic heterocycles. The van der Waals surface area contributed by atoms with Crippen molar-refractivity contribution in [2.45, 2.75) is 37.0 Å². The van der Waals surface area contributed by atoms with Gasteiger partial charge in [0.15, 0.2) is 17.7 Å². The summed E-state index contributed by atoms with van der Waals surface area (Å²) in [7, 11) is 0. The number of carboxylic acids is 1. The molecule has 0 aromatic carbocycles. The molecule has 0 aliphatic carbocycles. The van der Waals surface area contributed by atoms with Gasteiger partial charge in [-0.15, -0.1) is 0 Å². The Morgan fingerprint density at radius 3 is 2.74 bits per heavy atom. The fraction of sp³-hybridized carbons (Fsp3) is 0.500. The van der Waals surface area contributed by atoms with Gasteiger partial charge in [0.25, 0.3) is 0 Å². The minimum absolute atomic E-state index is 0.145. The topological polar surface area (TPSA) is 209 Å². The molecule has 13 heteroatoms. The third-order valence-electron chi connectivity index (χ3n) is 4.11. The van der Waals surface area contributed by atoms with Crippen molar-refractivity contribution in [3.8, 4) is 0 Å². The summed E-state index contributed by atoms with van der Waals surface area (Å²) >= 11 is 0. The van der Waals surface area contributed by atoms with Gasteiger partial charge in [0.2, 0.25) is 0 Å². The summed E-state index contributed by atoms with van der Waals surface area (Å²) < 4.78 is 11.8. The van der Waals surface area contributed by atoms with Crippen LogP contribution in [0.2, 0.25) is 0 Å². The Hall–Kier alpha value is -2.87. The van der Waals surface area contributed by atoms with Crippen LogP contribution in [0, 0.1) is 0 Å². The Balaban J connectivity index is 1.68. The van der Waals surface area contributed by atoms with E-state index in [9.17, 15) is 19.8 Å². The van der Waals surface area contributed by atoms with Crippen LogP contribution in [-0.4, -0.2) is 77.7 Å². The highest BCUT2D eigenvalue weighted by atomic mass is 16.6. The van der Waals surface area contributed by atoms with Gasteiger partial charge >= 0.3 is 11.9 Å². The van der Waals surface area contributed by atoms with Crippen molar-refractivity contribution < 1.29 is 34.4 Å². The standard InChI is InChI=1S/C14H18N6O7/c15-5(14(24)25)1-7(21)26-2-6-9(22)10(23)13(27-6)20-4-19-8-11(16)17-3-18-12(8)20/h3-6,9-10,13,22-23H,1-2,15H2,(H,24,25)(H2,16,17,18)/t5-,6-,9-,10+,13-/m1/s1. The van der Waals surface area contributed by atoms with Gasteiger partial charge in [0.1, 0.15) is 42.8 Å². The fourth-order valence-electron chi connectivity index (χ4n) is 2.65. The normalized spacial score (nSPS) is 26.2. The second-order valence-electron chi connectivity index (χ2n) is 5.96. The van der Waals surface area contributed by atoms with Crippen LogP contribution in [0.3, 0.4) is 0 Å². The predicted octanol–water partition coefficient (Wildman–Crippen LogP) is -2.63. The van der Waals surface area contributed by atoms with Gasteiger partial charge in [-0.1, -0.05) is 0 Å². The molecule has 0 spiro atoms. The number of carbonyl (C=O) groups excluding carboxylic acids is 1. The van der Waals surface area contributed by atoms with Crippen LogP contribution in [-0.2, 0) is 19.1 Å². The number of rotatable bonds is 6. The first-order chi connectivity index (χ1) is 12.8. The van der Waals surface area contributed by atoms with E-state index in [2.05, 4.69) is 15.0 Å². The SMILES string of the molecule is Nc1ncnc2c1ncn2[C@@H]1O[C@H](COC(=O)C[C@@H](N)C(=O)O)[C@@H](O)[C@@H]1O. The van der Waals surface area contributed by atoms with E-state index in [-0.39, 0.29) is 5.82 Å². The molecule has 3 rings (SSSR count). The van der Waals surface area contributed by atoms with Crippen molar-refractivity contribution in [2.75, 3.05) is 12.3 Å². The molecule has 0 amide bonds. The largest absolute Gasteiger partial charge is 0.480 e. The molecule has 27 heavy (non-hydrogen) atoms. The lowest BCUT2D eigenvalue weighted by atomic mass is 10.1. The highest BCUT2D eigenvalue weighted by Crippen LogP contribution is 2.32. The molecule has 1 aliphatic rings. The lowest BCUT2D eigenvalue weighted by molar-refractivity contribution is -0.153. The van der Waals surface area contributed by atoms with Crippen LogP contribution in [0.5, 0.6) is 0 Å². The number of aliphatic hydroxyl groups excluding tert-OH is 2. The van der Waals surface area contributed by atoms with Crippen LogP contribution < -0.4 is 11.5 Å². The summed E-state index contributed by atoms with van der Waals surface area (Å²) in [5.41, 5.74) is 11.6. The summed E-state index contributed by atoms with van der Waals surface area (Å²) in [5.74, 6) is -2.06. The molecule has 0 saturated carbocycles. The number of aromatic nitrogens is 4. The molecule has 146 valence electrons. The minimum Gasteiger partial charge on any atom is -0.480 e. The van der Waals surface area contributed by atoms with Crippen molar-refractivity contribution in [3.63, 3.8) is 0 Å². The van der Waals surface area contributed by atoms with Crippen molar-refractivity contribution in [2.24, 2.45) is 5.73 Å². The quantitative estimate of drug-likeness (QED) is 0.325. The summed E-state index contributed by atoms with van der Waals surface area (Å²) in [6.07, 6.45) is -2.81. The lowest BCUT2D eigenvalue weighted by Crippen LogP contribution is -2.36. The monoisotopic (exact) mass is 382 g/mol. The Labute approximate surface area is 151 Å². The molecule has 2 aromatic heterocycles. The van der Waals surface area contributed by atoms with Gasteiger partial charge in [-0.25, -0.2) is 15.0 Å². The van der Waals surface area contributed by atoms with E-state index in [0.29, 0.717) is 11.2 Å². The van der Waals surface area contributed by atoms with E-state index in [1.54, 1.807) is 0 Å². The highest BCUT2D eigenvalue weighted by Gasteiger charge is 2.45. The van der Waals surface area contributed by atoms with E-state index >= 15 is 0 Å². The molecule has 13 nitrogen and oxygen atoms in total. The molecule has 5 atom stereocenters. The smallest absolute Gasteiger partial charge is 0.321 e. The molecule has 7 N–H and O–H groups in total. The Kier molecular flexibility index (Phi) is 5.18. The van der Waals surface area contributed by atoms with E-state index in [0.717, 1.165) is 0 Å². The maximum atomic E-state index is 11.6. The van der Waals surface area contributed by atoms with Gasteiger partial charge < -0.3 is 36.3 Å². The summed E-state index contributed by atoms with van der Waals surface area (Å²) in [4.78, 5) is 34.2. The van der Waals surface area contributed by atoms with Crippen molar-refractivity contribution in [3.05, 3.63) is 12.7 Å². The number of ether oxygens (including phenoxy) is 2. The molecule has 1 fully saturated rings. The molecule has 0 unspecified atom stereocenters. The number of nitrogens with two attached hydrogens (primary N) is 2. The zero-order chi connectivity index (χ0) is 19.7. The second kappa shape index (κ2) is 7.40. The first-order valence-electron chi connectivity index (χ1n) is 7.88. The molecule has 0 bridgehead atoms. The number of carbonyl (C=O) groups is 2. The number of hydrogen-bond donors (Lipinski definition) is 5. The lowest BCUT2D eigenvalue weighted by Gasteiger charge is -2.16.